The topological polar surface area (TPSA) is 125 Å². The first-order valence-corrected chi connectivity index (χ1v) is 18.1. The number of rotatable bonds is 16. The lowest BCUT2D eigenvalue weighted by Gasteiger charge is -2.40. The maximum absolute atomic E-state index is 15.1. The summed E-state index contributed by atoms with van der Waals surface area (Å²) in [5.74, 6) is -3.40. The van der Waals surface area contributed by atoms with Crippen molar-refractivity contribution in [2.45, 2.75) is 103 Å². The SMILES string of the molecule is C=CCCC(=O)N[C@@H](C)[C@H](OC(=O)[C@@H]1[C@H]2C(=O)N([C@@H](CO)CC(C)C)[C@H](C(=O)N(CC=C)c3cc(C)ccc3C)[C@]23CC[C@H]1O3)c1ccccc1. The molecule has 5 rings (SSSR count). The van der Waals surface area contributed by atoms with E-state index in [0.29, 0.717) is 36.9 Å². The minimum absolute atomic E-state index is 0.111. The van der Waals surface area contributed by atoms with Crippen molar-refractivity contribution < 1.29 is 33.8 Å². The Bertz CT molecular complexity index is 1630. The zero-order valence-corrected chi connectivity index (χ0v) is 30.5. The highest BCUT2D eigenvalue weighted by molar-refractivity contribution is 6.05. The lowest BCUT2D eigenvalue weighted by atomic mass is 9.70. The van der Waals surface area contributed by atoms with Crippen LogP contribution in [0.4, 0.5) is 5.69 Å². The average molecular weight is 700 g/mol. The Morgan fingerprint density at radius 1 is 1.12 bits per heavy atom. The van der Waals surface area contributed by atoms with Crippen LogP contribution in [0, 0.1) is 31.6 Å². The van der Waals surface area contributed by atoms with Crippen LogP contribution in [0.5, 0.6) is 0 Å². The van der Waals surface area contributed by atoms with Crippen molar-refractivity contribution >= 4 is 29.4 Å². The third kappa shape index (κ3) is 7.39. The highest BCUT2D eigenvalue weighted by Crippen LogP contribution is 2.59. The van der Waals surface area contributed by atoms with Crippen LogP contribution in [0.2, 0.25) is 0 Å². The predicted octanol–water partition coefficient (Wildman–Crippen LogP) is 5.36. The van der Waals surface area contributed by atoms with E-state index in [1.807, 2.05) is 76.2 Å². The summed E-state index contributed by atoms with van der Waals surface area (Å²) in [4.78, 5) is 60.2. The molecule has 2 N–H and O–H groups in total. The molecule has 0 radical (unpaired) electrons. The molecular formula is C41H53N3O7. The van der Waals surface area contributed by atoms with Crippen molar-refractivity contribution in [1.29, 1.82) is 0 Å². The summed E-state index contributed by atoms with van der Waals surface area (Å²) < 4.78 is 13.0. The van der Waals surface area contributed by atoms with E-state index >= 15 is 4.79 Å². The van der Waals surface area contributed by atoms with Crippen molar-refractivity contribution in [2.75, 3.05) is 18.1 Å². The Morgan fingerprint density at radius 3 is 2.49 bits per heavy atom. The molecule has 3 fully saturated rings. The molecule has 8 atom stereocenters. The normalized spacial score (nSPS) is 25.2. The predicted molar refractivity (Wildman–Crippen MR) is 196 cm³/mol. The largest absolute Gasteiger partial charge is 0.455 e. The zero-order chi connectivity index (χ0) is 37.0. The van der Waals surface area contributed by atoms with E-state index in [0.717, 1.165) is 11.1 Å². The summed E-state index contributed by atoms with van der Waals surface area (Å²) in [6.07, 6.45) is 3.93. The van der Waals surface area contributed by atoms with E-state index in [1.54, 1.807) is 24.0 Å². The van der Waals surface area contributed by atoms with E-state index < -0.39 is 59.6 Å². The molecule has 10 nitrogen and oxygen atoms in total. The van der Waals surface area contributed by atoms with Gasteiger partial charge in [-0.05, 0) is 75.1 Å². The zero-order valence-electron chi connectivity index (χ0n) is 30.5. The third-order valence-corrected chi connectivity index (χ3v) is 10.6. The Balaban J connectivity index is 1.54. The Morgan fingerprint density at radius 2 is 1.84 bits per heavy atom. The Kier molecular flexibility index (Phi) is 11.9. The fourth-order valence-electron chi connectivity index (χ4n) is 8.39. The minimum Gasteiger partial charge on any atom is -0.455 e. The number of fused-ring (bicyclic) bond motifs is 1. The van der Waals surface area contributed by atoms with Gasteiger partial charge in [0.15, 0.2) is 0 Å². The van der Waals surface area contributed by atoms with Gasteiger partial charge in [-0.3, -0.25) is 19.2 Å². The lowest BCUT2D eigenvalue weighted by Crippen LogP contribution is -2.59. The number of aryl methyl sites for hydroxylation is 2. The maximum atomic E-state index is 15.1. The smallest absolute Gasteiger partial charge is 0.313 e. The number of ether oxygens (including phenoxy) is 2. The van der Waals surface area contributed by atoms with Crippen LogP contribution >= 0.6 is 0 Å². The summed E-state index contributed by atoms with van der Waals surface area (Å²) in [6, 6.07) is 12.7. The molecule has 3 aliphatic heterocycles. The maximum Gasteiger partial charge on any atom is 0.313 e. The van der Waals surface area contributed by atoms with Crippen LogP contribution in [0.15, 0.2) is 73.8 Å². The fourth-order valence-corrected chi connectivity index (χ4v) is 8.39. The summed E-state index contributed by atoms with van der Waals surface area (Å²) in [5, 5.41) is 13.7. The van der Waals surface area contributed by atoms with E-state index in [4.69, 9.17) is 9.47 Å². The highest BCUT2D eigenvalue weighted by atomic mass is 16.6. The molecule has 2 aromatic carbocycles. The second-order valence-corrected chi connectivity index (χ2v) is 14.7. The summed E-state index contributed by atoms with van der Waals surface area (Å²) in [7, 11) is 0. The summed E-state index contributed by atoms with van der Waals surface area (Å²) >= 11 is 0. The first kappa shape index (κ1) is 38.0. The number of amides is 3. The minimum atomic E-state index is -1.29. The number of aliphatic hydroxyl groups excluding tert-OH is 1. The number of carbonyl (C=O) groups is 4. The van der Waals surface area contributed by atoms with Crippen LogP contribution in [-0.2, 0) is 28.7 Å². The number of anilines is 1. The molecule has 10 heteroatoms. The number of allylic oxidation sites excluding steroid dienone is 1. The van der Waals surface area contributed by atoms with Crippen molar-refractivity contribution in [1.82, 2.24) is 10.2 Å². The third-order valence-electron chi connectivity index (χ3n) is 10.6. The van der Waals surface area contributed by atoms with Crippen molar-refractivity contribution in [3.63, 3.8) is 0 Å². The van der Waals surface area contributed by atoms with Gasteiger partial charge in [0.05, 0.1) is 36.6 Å². The summed E-state index contributed by atoms with van der Waals surface area (Å²) in [6.45, 7) is 17.1. The van der Waals surface area contributed by atoms with Gasteiger partial charge in [0, 0.05) is 18.7 Å². The van der Waals surface area contributed by atoms with E-state index in [9.17, 15) is 19.5 Å². The van der Waals surface area contributed by atoms with Gasteiger partial charge >= 0.3 is 5.97 Å². The van der Waals surface area contributed by atoms with Gasteiger partial charge in [0.1, 0.15) is 17.7 Å². The molecule has 0 saturated carbocycles. The molecule has 3 aliphatic rings. The van der Waals surface area contributed by atoms with Gasteiger partial charge in [0.25, 0.3) is 5.91 Å². The standard InChI is InChI=1S/C41H53N3O7/c1-8-10-16-33(46)42-28(7)36(29-14-12-11-13-15-29)50-40(49)34-32-19-20-41(51-32)35(34)38(47)44(30(24-45)22-25(3)4)37(41)39(48)43(21-9-2)31-23-26(5)17-18-27(31)6/h8-9,11-15,17-18,23,25,28,30,32,34-37,45H,1-2,10,16,19-22,24H2,3-7H3,(H,42,46)/t28-,30+,32+,34-,35-,36-,37+,41-/m0/s1. The average Bonchev–Trinajstić information content (AvgIpc) is 3.76. The van der Waals surface area contributed by atoms with E-state index in [2.05, 4.69) is 18.5 Å². The molecule has 51 heavy (non-hydrogen) atoms. The monoisotopic (exact) mass is 699 g/mol. The number of esters is 1. The van der Waals surface area contributed by atoms with Crippen molar-refractivity contribution in [3.8, 4) is 0 Å². The van der Waals surface area contributed by atoms with Gasteiger partial charge in [-0.25, -0.2) is 0 Å². The van der Waals surface area contributed by atoms with Crippen LogP contribution in [0.1, 0.15) is 75.7 Å². The molecule has 274 valence electrons. The van der Waals surface area contributed by atoms with E-state index in [-0.39, 0.29) is 37.3 Å². The highest BCUT2D eigenvalue weighted by Gasteiger charge is 2.75. The molecule has 1 spiro atoms. The van der Waals surface area contributed by atoms with Gasteiger partial charge < -0.3 is 29.7 Å². The van der Waals surface area contributed by atoms with Crippen LogP contribution in [0.3, 0.4) is 0 Å². The van der Waals surface area contributed by atoms with Crippen LogP contribution in [-0.4, -0.2) is 76.7 Å². The quantitative estimate of drug-likeness (QED) is 0.179. The van der Waals surface area contributed by atoms with E-state index in [1.165, 1.54) is 4.90 Å². The van der Waals surface area contributed by atoms with Gasteiger partial charge in [0.2, 0.25) is 11.8 Å². The molecule has 3 heterocycles. The summed E-state index contributed by atoms with van der Waals surface area (Å²) in [5.41, 5.74) is 1.96. The molecule has 2 aromatic rings. The molecule has 0 unspecified atom stereocenters. The van der Waals surface area contributed by atoms with Crippen molar-refractivity contribution in [2.24, 2.45) is 17.8 Å². The second kappa shape index (κ2) is 15.9. The molecule has 0 aliphatic carbocycles. The molecule has 3 amide bonds. The van der Waals surface area contributed by atoms with Gasteiger partial charge in [-0.2, -0.15) is 0 Å². The number of carbonyl (C=O) groups excluding carboxylic acids is 4. The number of likely N-dealkylation sites (tertiary alicyclic amines) is 1. The van der Waals surface area contributed by atoms with Crippen LogP contribution < -0.4 is 10.2 Å². The van der Waals surface area contributed by atoms with Gasteiger partial charge in [-0.1, -0.05) is 68.5 Å². The molecule has 3 saturated heterocycles. The lowest BCUT2D eigenvalue weighted by molar-refractivity contribution is -0.162. The Hall–Kier alpha value is -4.28. The first-order chi connectivity index (χ1) is 24.4. The van der Waals surface area contributed by atoms with Crippen molar-refractivity contribution in [3.05, 3.63) is 90.5 Å². The molecule has 2 bridgehead atoms. The van der Waals surface area contributed by atoms with Gasteiger partial charge in [-0.15, -0.1) is 13.2 Å². The number of nitrogens with zero attached hydrogens (tertiary/aromatic N) is 2. The number of hydrogen-bond donors (Lipinski definition) is 2. The fraction of sp³-hybridized carbons (Fsp3) is 0.512. The Labute approximate surface area is 301 Å². The second-order valence-electron chi connectivity index (χ2n) is 14.7. The number of nitrogens with one attached hydrogen (secondary N) is 1. The first-order valence-electron chi connectivity index (χ1n) is 18.1. The number of aliphatic hydroxyl groups is 1. The molecule has 0 aromatic heterocycles. The number of hydrogen-bond acceptors (Lipinski definition) is 7. The number of benzene rings is 2. The van der Waals surface area contributed by atoms with Crippen LogP contribution in [0.25, 0.3) is 0 Å². The molecular weight excluding hydrogens is 646 g/mol.